The molecule has 5 rings (SSSR count). The summed E-state index contributed by atoms with van der Waals surface area (Å²) < 4.78 is 0. The molecule has 2 amide bonds. The smallest absolute Gasteiger partial charge is 0.236 e. The van der Waals surface area contributed by atoms with Crippen LogP contribution < -0.4 is 10.2 Å². The normalized spacial score (nSPS) is 18.0. The molecule has 0 unspecified atom stereocenters. The summed E-state index contributed by atoms with van der Waals surface area (Å²) in [4.78, 5) is 32.1. The Hall–Kier alpha value is -3.55. The van der Waals surface area contributed by atoms with Gasteiger partial charge in [-0.1, -0.05) is 48.0 Å². The van der Waals surface area contributed by atoms with Gasteiger partial charge in [-0.15, -0.1) is 0 Å². The molecule has 0 aliphatic carbocycles. The predicted molar refractivity (Wildman–Crippen MR) is 152 cm³/mol. The third-order valence-electron chi connectivity index (χ3n) is 7.52. The summed E-state index contributed by atoms with van der Waals surface area (Å²) in [5.74, 6) is -0.187. The summed E-state index contributed by atoms with van der Waals surface area (Å²) >= 11 is 5.94. The quantitative estimate of drug-likeness (QED) is 0.453. The summed E-state index contributed by atoms with van der Waals surface area (Å²) in [5, 5.41) is 12.6. The van der Waals surface area contributed by atoms with E-state index in [0.29, 0.717) is 44.8 Å². The molecule has 0 radical (unpaired) electrons. The first kappa shape index (κ1) is 26.1. The largest absolute Gasteiger partial charge is 0.506 e. The minimum atomic E-state index is -0.187. The van der Waals surface area contributed by atoms with Crippen LogP contribution in [-0.2, 0) is 9.59 Å². The molecule has 2 aliphatic heterocycles. The molecule has 3 aromatic rings. The average molecular weight is 533 g/mol. The molecule has 8 heteroatoms. The van der Waals surface area contributed by atoms with Crippen LogP contribution in [0.2, 0.25) is 5.02 Å². The number of likely N-dealkylation sites (tertiary alicyclic amines) is 1. The van der Waals surface area contributed by atoms with E-state index in [2.05, 4.69) is 70.6 Å². The molecular formula is C30H33ClN4O3. The Morgan fingerprint density at radius 1 is 0.974 bits per heavy atom. The van der Waals surface area contributed by atoms with Crippen LogP contribution in [0.1, 0.15) is 12.0 Å². The highest BCUT2D eigenvalue weighted by atomic mass is 35.5. The van der Waals surface area contributed by atoms with Crippen LogP contribution in [0.15, 0.2) is 66.7 Å². The zero-order valence-corrected chi connectivity index (χ0v) is 22.3. The number of phenols is 1. The fraction of sp³-hybridized carbons (Fsp3) is 0.333. The molecule has 0 saturated carbocycles. The maximum atomic E-state index is 13.0. The minimum absolute atomic E-state index is 0.0214. The maximum absolute atomic E-state index is 13.0. The Bertz CT molecular complexity index is 1320. The number of hydrogen-bond donors (Lipinski definition) is 2. The lowest BCUT2D eigenvalue weighted by atomic mass is 10.00. The van der Waals surface area contributed by atoms with E-state index in [1.807, 2.05) is 4.90 Å². The van der Waals surface area contributed by atoms with Crippen molar-refractivity contribution < 1.29 is 14.7 Å². The van der Waals surface area contributed by atoms with Gasteiger partial charge in [-0.25, -0.2) is 0 Å². The molecule has 0 aromatic heterocycles. The van der Waals surface area contributed by atoms with E-state index in [1.165, 1.54) is 34.5 Å². The zero-order chi connectivity index (χ0) is 26.6. The first-order valence-electron chi connectivity index (χ1n) is 13.1. The van der Waals surface area contributed by atoms with Crippen molar-refractivity contribution in [3.63, 3.8) is 0 Å². The van der Waals surface area contributed by atoms with E-state index in [4.69, 9.17) is 11.6 Å². The molecule has 2 aliphatic rings. The van der Waals surface area contributed by atoms with Crippen LogP contribution in [0.25, 0.3) is 11.1 Å². The van der Waals surface area contributed by atoms with Crippen molar-refractivity contribution in [3.8, 4) is 16.9 Å². The second-order valence-electron chi connectivity index (χ2n) is 10.1. The molecule has 1 atom stereocenters. The zero-order valence-electron chi connectivity index (χ0n) is 21.6. The van der Waals surface area contributed by atoms with E-state index in [1.54, 1.807) is 6.07 Å². The van der Waals surface area contributed by atoms with E-state index >= 15 is 0 Å². The highest BCUT2D eigenvalue weighted by Crippen LogP contribution is 2.29. The van der Waals surface area contributed by atoms with Crippen molar-refractivity contribution in [2.24, 2.45) is 5.92 Å². The number of nitrogens with one attached hydrogen (secondary N) is 1. The number of piperazine rings is 1. The van der Waals surface area contributed by atoms with Crippen molar-refractivity contribution in [1.82, 2.24) is 9.80 Å². The highest BCUT2D eigenvalue weighted by Gasteiger charge is 2.31. The van der Waals surface area contributed by atoms with Crippen molar-refractivity contribution in [3.05, 3.63) is 77.3 Å². The molecule has 2 heterocycles. The fourth-order valence-corrected chi connectivity index (χ4v) is 5.47. The third kappa shape index (κ3) is 5.95. The second-order valence-corrected chi connectivity index (χ2v) is 10.5. The van der Waals surface area contributed by atoms with Crippen molar-refractivity contribution in [2.75, 3.05) is 56.0 Å². The van der Waals surface area contributed by atoms with Crippen LogP contribution in [-0.4, -0.2) is 72.5 Å². The number of hydrogen-bond acceptors (Lipinski definition) is 5. The Labute approximate surface area is 228 Å². The molecule has 38 heavy (non-hydrogen) atoms. The number of amides is 2. The average Bonchev–Trinajstić information content (AvgIpc) is 3.40. The molecule has 2 fully saturated rings. The lowest BCUT2D eigenvalue weighted by molar-refractivity contribution is -0.132. The van der Waals surface area contributed by atoms with E-state index < -0.39 is 0 Å². The number of halogens is 1. The topological polar surface area (TPSA) is 76.1 Å². The number of phenolic OH excluding ortho intramolecular Hbond substituents is 1. The number of carbonyl (C=O) groups excluding carboxylic acids is 2. The molecule has 2 saturated heterocycles. The lowest BCUT2D eigenvalue weighted by Gasteiger charge is -2.37. The van der Waals surface area contributed by atoms with Crippen LogP contribution in [0.3, 0.4) is 0 Å². The minimum Gasteiger partial charge on any atom is -0.506 e. The molecule has 0 spiro atoms. The van der Waals surface area contributed by atoms with Crippen LogP contribution in [0, 0.1) is 12.8 Å². The van der Waals surface area contributed by atoms with Crippen LogP contribution >= 0.6 is 11.6 Å². The van der Waals surface area contributed by atoms with Gasteiger partial charge in [-0.05, 0) is 66.9 Å². The SMILES string of the molecule is Cc1ccccc1-c1cccc(N2CCN(C(=O)CN3CC[C@@H](C(=O)Nc4ccc(O)c(Cl)c4)C3)CC2)c1. The molecular weight excluding hydrogens is 500 g/mol. The van der Waals surface area contributed by atoms with Gasteiger partial charge in [-0.3, -0.25) is 14.5 Å². The first-order valence-corrected chi connectivity index (χ1v) is 13.5. The Morgan fingerprint density at radius 3 is 2.53 bits per heavy atom. The van der Waals surface area contributed by atoms with Crippen molar-refractivity contribution in [2.45, 2.75) is 13.3 Å². The number of aryl methyl sites for hydroxylation is 1. The monoisotopic (exact) mass is 532 g/mol. The molecule has 7 nitrogen and oxygen atoms in total. The molecule has 3 aromatic carbocycles. The summed E-state index contributed by atoms with van der Waals surface area (Å²) in [6.45, 7) is 6.69. The standard InChI is InChI=1S/C30H33ClN4O3/c1-21-5-2-3-8-26(21)22-6-4-7-25(17-22)34-13-15-35(16-14-34)29(37)20-33-12-11-23(19-33)30(38)32-24-9-10-28(36)27(31)18-24/h2-10,17-18,23,36H,11-16,19-20H2,1H3,(H,32,38)/t23-/m1/s1. The van der Waals surface area contributed by atoms with E-state index in [9.17, 15) is 14.7 Å². The van der Waals surface area contributed by atoms with Gasteiger partial charge in [0.1, 0.15) is 5.75 Å². The molecule has 0 bridgehead atoms. The summed E-state index contributed by atoms with van der Waals surface area (Å²) in [6.07, 6.45) is 0.704. The van der Waals surface area contributed by atoms with Crippen LogP contribution in [0.5, 0.6) is 5.75 Å². The van der Waals surface area contributed by atoms with Gasteiger partial charge in [0.25, 0.3) is 0 Å². The second kappa shape index (κ2) is 11.5. The first-order chi connectivity index (χ1) is 18.4. The van der Waals surface area contributed by atoms with Gasteiger partial charge in [0.05, 0.1) is 17.5 Å². The van der Waals surface area contributed by atoms with Crippen molar-refractivity contribution in [1.29, 1.82) is 0 Å². The fourth-order valence-electron chi connectivity index (χ4n) is 5.29. The third-order valence-corrected chi connectivity index (χ3v) is 7.82. The number of nitrogens with zero attached hydrogens (tertiary/aromatic N) is 3. The Morgan fingerprint density at radius 2 is 1.76 bits per heavy atom. The van der Waals surface area contributed by atoms with Gasteiger partial charge in [0.15, 0.2) is 0 Å². The van der Waals surface area contributed by atoms with Gasteiger partial charge in [0, 0.05) is 44.1 Å². The van der Waals surface area contributed by atoms with Gasteiger partial charge in [0.2, 0.25) is 11.8 Å². The van der Waals surface area contributed by atoms with Gasteiger partial charge < -0.3 is 20.2 Å². The summed E-state index contributed by atoms with van der Waals surface area (Å²) in [6, 6.07) is 21.6. The molecule has 2 N–H and O–H groups in total. The number of benzene rings is 3. The highest BCUT2D eigenvalue weighted by molar-refractivity contribution is 6.32. The van der Waals surface area contributed by atoms with Crippen LogP contribution in [0.4, 0.5) is 11.4 Å². The Kier molecular flexibility index (Phi) is 7.86. The lowest BCUT2D eigenvalue weighted by Crippen LogP contribution is -2.51. The molecule has 198 valence electrons. The number of rotatable bonds is 6. The summed E-state index contributed by atoms with van der Waals surface area (Å²) in [5.41, 5.74) is 5.44. The van der Waals surface area contributed by atoms with Gasteiger partial charge >= 0.3 is 0 Å². The predicted octanol–water partition coefficient (Wildman–Crippen LogP) is 4.63. The van der Waals surface area contributed by atoms with Crippen molar-refractivity contribution >= 4 is 34.8 Å². The maximum Gasteiger partial charge on any atom is 0.236 e. The number of carbonyl (C=O) groups is 2. The Balaban J connectivity index is 1.10. The summed E-state index contributed by atoms with van der Waals surface area (Å²) in [7, 11) is 0. The van der Waals surface area contributed by atoms with E-state index in [0.717, 1.165) is 13.1 Å². The van der Waals surface area contributed by atoms with E-state index in [-0.39, 0.29) is 28.5 Å². The number of aromatic hydroxyl groups is 1. The number of anilines is 2. The van der Waals surface area contributed by atoms with Gasteiger partial charge in [-0.2, -0.15) is 0 Å².